The molecule has 0 aromatic heterocycles. The van der Waals surface area contributed by atoms with Gasteiger partial charge in [0, 0.05) is 86.9 Å². The molecule has 3 rings (SSSR count). The lowest BCUT2D eigenvalue weighted by atomic mass is 9.86. The van der Waals surface area contributed by atoms with Crippen molar-refractivity contribution >= 4 is 11.4 Å². The molecule has 0 bridgehead atoms. The molecular formula is C32H62N6. The predicted octanol–water partition coefficient (Wildman–Crippen LogP) is 5.70. The van der Waals surface area contributed by atoms with Crippen LogP contribution in [-0.2, 0) is 0 Å². The summed E-state index contributed by atoms with van der Waals surface area (Å²) in [6.45, 7) is 20.1. The van der Waals surface area contributed by atoms with Gasteiger partial charge in [-0.2, -0.15) is 0 Å². The second-order valence-electron chi connectivity index (χ2n) is 12.8. The fourth-order valence-corrected chi connectivity index (χ4v) is 7.12. The monoisotopic (exact) mass is 531 g/mol. The zero-order chi connectivity index (χ0) is 27.3. The number of rotatable bonds is 8. The minimum atomic E-state index is 0.532. The first-order chi connectivity index (χ1) is 18.4. The van der Waals surface area contributed by atoms with E-state index in [9.17, 15) is 0 Å². The van der Waals surface area contributed by atoms with Gasteiger partial charge >= 0.3 is 0 Å². The minimum absolute atomic E-state index is 0.532. The topological polar surface area (TPSA) is 55.3 Å². The van der Waals surface area contributed by atoms with E-state index in [1.54, 1.807) is 0 Å². The zero-order valence-corrected chi connectivity index (χ0v) is 26.0. The molecule has 6 unspecified atom stereocenters. The molecule has 3 fully saturated rings. The van der Waals surface area contributed by atoms with Crippen molar-refractivity contribution < 1.29 is 0 Å². The first-order valence-electron chi connectivity index (χ1n) is 16.4. The number of nitrogens with zero attached hydrogens (tertiary/aromatic N) is 4. The van der Waals surface area contributed by atoms with Crippen molar-refractivity contribution in [1.82, 2.24) is 20.4 Å². The Morgan fingerprint density at radius 3 is 1.42 bits per heavy atom. The molecule has 2 aliphatic carbocycles. The Hall–Kier alpha value is -0.820. The van der Waals surface area contributed by atoms with E-state index in [1.807, 2.05) is 0 Å². The highest BCUT2D eigenvalue weighted by atomic mass is 15.2. The van der Waals surface area contributed by atoms with Crippen LogP contribution in [0.15, 0.2) is 9.98 Å². The summed E-state index contributed by atoms with van der Waals surface area (Å²) in [6.07, 6.45) is 15.4. The van der Waals surface area contributed by atoms with Crippen LogP contribution in [0, 0.1) is 0 Å². The van der Waals surface area contributed by atoms with Crippen LogP contribution < -0.4 is 10.6 Å². The van der Waals surface area contributed by atoms with E-state index in [0.717, 1.165) is 52.1 Å². The lowest BCUT2D eigenvalue weighted by Gasteiger charge is -2.45. The minimum Gasteiger partial charge on any atom is -0.310 e. The van der Waals surface area contributed by atoms with Gasteiger partial charge in [-0.3, -0.25) is 19.8 Å². The molecular weight excluding hydrogens is 468 g/mol. The summed E-state index contributed by atoms with van der Waals surface area (Å²) in [5.74, 6) is 0. The molecule has 38 heavy (non-hydrogen) atoms. The summed E-state index contributed by atoms with van der Waals surface area (Å²) >= 11 is 0. The van der Waals surface area contributed by atoms with Gasteiger partial charge < -0.3 is 10.6 Å². The largest absolute Gasteiger partial charge is 0.310 e. The van der Waals surface area contributed by atoms with Crippen molar-refractivity contribution in [2.75, 3.05) is 39.3 Å². The molecule has 6 nitrogen and oxygen atoms in total. The maximum atomic E-state index is 4.89. The standard InChI is InChI=1S/C32H62N6/c1-7-19-33-27(5)23-37-21-17-25(3)36-30-14-10-12-16-32(30)38(24-28(6)34-20-8-2)22-18-26(4)35-29-13-9-11-15-31(29)37/h25-26,29-32,35-36H,7-24H2,1-6H3. The Morgan fingerprint density at radius 2 is 1.03 bits per heavy atom. The molecule has 1 heterocycles. The van der Waals surface area contributed by atoms with Gasteiger partial charge in [0.25, 0.3) is 0 Å². The van der Waals surface area contributed by atoms with Crippen LogP contribution in [0.5, 0.6) is 0 Å². The quantitative estimate of drug-likeness (QED) is 0.395. The highest BCUT2D eigenvalue weighted by molar-refractivity contribution is 5.84. The summed E-state index contributed by atoms with van der Waals surface area (Å²) in [4.78, 5) is 15.4. The molecule has 2 saturated carbocycles. The maximum absolute atomic E-state index is 4.89. The van der Waals surface area contributed by atoms with Crippen molar-refractivity contribution in [3.8, 4) is 0 Å². The molecule has 6 heteroatoms. The van der Waals surface area contributed by atoms with Gasteiger partial charge in [-0.1, -0.05) is 39.5 Å². The summed E-state index contributed by atoms with van der Waals surface area (Å²) in [5, 5.41) is 8.31. The predicted molar refractivity (Wildman–Crippen MR) is 166 cm³/mol. The van der Waals surface area contributed by atoms with Crippen molar-refractivity contribution in [3.63, 3.8) is 0 Å². The van der Waals surface area contributed by atoms with Gasteiger partial charge in [-0.25, -0.2) is 0 Å². The van der Waals surface area contributed by atoms with E-state index >= 15 is 0 Å². The van der Waals surface area contributed by atoms with Crippen LogP contribution in [0.4, 0.5) is 0 Å². The highest BCUT2D eigenvalue weighted by Crippen LogP contribution is 2.27. The Labute approximate surface area is 235 Å². The first-order valence-corrected chi connectivity index (χ1v) is 16.4. The third-order valence-electron chi connectivity index (χ3n) is 9.17. The van der Waals surface area contributed by atoms with E-state index in [0.29, 0.717) is 36.3 Å². The van der Waals surface area contributed by atoms with Gasteiger partial charge in [0.2, 0.25) is 0 Å². The zero-order valence-electron chi connectivity index (χ0n) is 26.0. The molecule has 3 aliphatic rings. The number of hydrogen-bond acceptors (Lipinski definition) is 6. The van der Waals surface area contributed by atoms with Crippen LogP contribution in [0.3, 0.4) is 0 Å². The summed E-state index contributed by atoms with van der Waals surface area (Å²) < 4.78 is 0. The lowest BCUT2D eigenvalue weighted by molar-refractivity contribution is 0.102. The molecule has 220 valence electrons. The summed E-state index contributed by atoms with van der Waals surface area (Å²) in [6, 6.07) is 3.49. The van der Waals surface area contributed by atoms with Crippen LogP contribution in [0.2, 0.25) is 0 Å². The van der Waals surface area contributed by atoms with Crippen molar-refractivity contribution in [1.29, 1.82) is 0 Å². The molecule has 6 atom stereocenters. The average molecular weight is 531 g/mol. The Balaban J connectivity index is 1.81. The van der Waals surface area contributed by atoms with Crippen LogP contribution >= 0.6 is 0 Å². The van der Waals surface area contributed by atoms with Crippen LogP contribution in [0.1, 0.15) is 119 Å². The van der Waals surface area contributed by atoms with Gasteiger partial charge in [0.15, 0.2) is 0 Å². The van der Waals surface area contributed by atoms with E-state index in [1.165, 1.54) is 75.6 Å². The maximum Gasteiger partial charge on any atom is 0.0386 e. The Kier molecular flexibility index (Phi) is 14.3. The summed E-state index contributed by atoms with van der Waals surface area (Å²) in [5.41, 5.74) is 2.63. The van der Waals surface area contributed by atoms with Crippen molar-refractivity contribution in [3.05, 3.63) is 0 Å². The second kappa shape index (κ2) is 17.1. The molecule has 0 radical (unpaired) electrons. The second-order valence-corrected chi connectivity index (χ2v) is 12.8. The number of nitrogens with one attached hydrogen (secondary N) is 2. The molecule has 2 N–H and O–H groups in total. The molecule has 0 amide bonds. The first kappa shape index (κ1) is 31.7. The third-order valence-corrected chi connectivity index (χ3v) is 9.17. The van der Waals surface area contributed by atoms with E-state index < -0.39 is 0 Å². The van der Waals surface area contributed by atoms with Crippen molar-refractivity contribution in [2.24, 2.45) is 9.98 Å². The molecule has 1 aliphatic heterocycles. The number of fused-ring (bicyclic) bond motifs is 2. The molecule has 0 aromatic carbocycles. The molecule has 0 spiro atoms. The van der Waals surface area contributed by atoms with Gasteiger partial charge in [-0.05, 0) is 79.1 Å². The smallest absolute Gasteiger partial charge is 0.0386 e. The van der Waals surface area contributed by atoms with Crippen LogP contribution in [0.25, 0.3) is 0 Å². The van der Waals surface area contributed by atoms with Gasteiger partial charge in [0.05, 0.1) is 0 Å². The lowest BCUT2D eigenvalue weighted by Crippen LogP contribution is -2.58. The van der Waals surface area contributed by atoms with Gasteiger partial charge in [0.1, 0.15) is 0 Å². The van der Waals surface area contributed by atoms with Gasteiger partial charge in [-0.15, -0.1) is 0 Å². The van der Waals surface area contributed by atoms with E-state index in [2.05, 4.69) is 62.0 Å². The fraction of sp³-hybridized carbons (Fsp3) is 0.938. The van der Waals surface area contributed by atoms with E-state index in [4.69, 9.17) is 9.98 Å². The highest BCUT2D eigenvalue weighted by Gasteiger charge is 2.34. The molecule has 0 aromatic rings. The third kappa shape index (κ3) is 10.3. The number of hydrogen-bond donors (Lipinski definition) is 2. The SMILES string of the molecule is CCCN=C(C)CN1CCC(C)NC2CCCCC2N(CC(C)=NCCC)CCC(C)NC2CCCCC21. The fourth-order valence-electron chi connectivity index (χ4n) is 7.12. The Bertz CT molecular complexity index is 661. The normalized spacial score (nSPS) is 33.8. The van der Waals surface area contributed by atoms with E-state index in [-0.39, 0.29) is 0 Å². The van der Waals surface area contributed by atoms with Crippen molar-refractivity contribution in [2.45, 2.75) is 155 Å². The summed E-state index contributed by atoms with van der Waals surface area (Å²) in [7, 11) is 0. The average Bonchev–Trinajstić information content (AvgIpc) is 2.91. The number of aliphatic imine (C=N–C) groups is 2. The molecule has 1 saturated heterocycles. The van der Waals surface area contributed by atoms with Crippen LogP contribution in [-0.4, -0.2) is 96.7 Å². The Morgan fingerprint density at radius 1 is 0.632 bits per heavy atom.